The molecular formula is C20H23N5O2S2. The molecule has 1 amide bonds. The van der Waals surface area contributed by atoms with Crippen LogP contribution < -0.4 is 10.1 Å². The summed E-state index contributed by atoms with van der Waals surface area (Å²) in [6, 6.07) is 7.85. The molecule has 1 unspecified atom stereocenters. The molecule has 2 aromatic heterocycles. The second-order valence-corrected chi connectivity index (χ2v) is 8.53. The molecule has 0 aliphatic heterocycles. The number of allylic oxidation sites excluding steroid dienone is 1. The summed E-state index contributed by atoms with van der Waals surface area (Å²) in [7, 11) is 1.65. The lowest BCUT2D eigenvalue weighted by atomic mass is 10.1. The predicted molar refractivity (Wildman–Crippen MR) is 117 cm³/mol. The Morgan fingerprint density at radius 2 is 2.14 bits per heavy atom. The van der Waals surface area contributed by atoms with Crippen molar-refractivity contribution in [3.05, 3.63) is 59.4 Å². The molecule has 1 atom stereocenters. The molecule has 1 aromatic carbocycles. The van der Waals surface area contributed by atoms with Crippen molar-refractivity contribution >= 4 is 34.1 Å². The van der Waals surface area contributed by atoms with E-state index >= 15 is 0 Å². The summed E-state index contributed by atoms with van der Waals surface area (Å²) in [5.74, 6) is 1.52. The summed E-state index contributed by atoms with van der Waals surface area (Å²) < 4.78 is 7.19. The Balaban J connectivity index is 1.71. The Morgan fingerprint density at radius 1 is 1.38 bits per heavy atom. The SMILES string of the molecule is C=CCn1c(Cc2ccc(OC)cc2)nnc1SC(C)C(=O)Nc1nc(C)cs1. The highest BCUT2D eigenvalue weighted by atomic mass is 32.2. The van der Waals surface area contributed by atoms with Crippen molar-refractivity contribution in [2.45, 2.75) is 37.2 Å². The highest BCUT2D eigenvalue weighted by Crippen LogP contribution is 2.25. The van der Waals surface area contributed by atoms with E-state index in [-0.39, 0.29) is 11.2 Å². The van der Waals surface area contributed by atoms with Crippen molar-refractivity contribution in [1.29, 1.82) is 0 Å². The third kappa shape index (κ3) is 5.45. The van der Waals surface area contributed by atoms with E-state index < -0.39 is 0 Å². The number of ether oxygens (including phenoxy) is 1. The minimum absolute atomic E-state index is 0.116. The zero-order valence-corrected chi connectivity index (χ0v) is 18.2. The fraction of sp³-hybridized carbons (Fsp3) is 0.300. The summed E-state index contributed by atoms with van der Waals surface area (Å²) in [6.07, 6.45) is 2.43. The minimum Gasteiger partial charge on any atom is -0.497 e. The van der Waals surface area contributed by atoms with Crippen LogP contribution in [0.4, 0.5) is 5.13 Å². The Labute approximate surface area is 178 Å². The van der Waals surface area contributed by atoms with Gasteiger partial charge in [0.05, 0.1) is 18.1 Å². The van der Waals surface area contributed by atoms with E-state index in [9.17, 15) is 4.79 Å². The maximum atomic E-state index is 12.5. The Hall–Kier alpha value is -2.65. The summed E-state index contributed by atoms with van der Waals surface area (Å²) in [5.41, 5.74) is 1.99. The number of hydrogen-bond donors (Lipinski definition) is 1. The molecule has 9 heteroatoms. The van der Waals surface area contributed by atoms with Crippen molar-refractivity contribution in [2.24, 2.45) is 0 Å². The third-order valence-electron chi connectivity index (χ3n) is 4.13. The number of thioether (sulfide) groups is 1. The lowest BCUT2D eigenvalue weighted by molar-refractivity contribution is -0.115. The fourth-order valence-corrected chi connectivity index (χ4v) is 4.17. The van der Waals surface area contributed by atoms with Gasteiger partial charge in [-0.15, -0.1) is 28.1 Å². The van der Waals surface area contributed by atoms with Crippen LogP contribution in [-0.2, 0) is 17.8 Å². The van der Waals surface area contributed by atoms with Gasteiger partial charge in [0.2, 0.25) is 5.91 Å². The standard InChI is InChI=1S/C20H23N5O2S2/c1-5-10-25-17(11-15-6-8-16(27-4)9-7-15)23-24-20(25)29-14(3)18(26)22-19-21-13(2)12-28-19/h5-9,12,14H,1,10-11H2,2-4H3,(H,21,22,26). The molecule has 0 aliphatic carbocycles. The maximum absolute atomic E-state index is 12.5. The van der Waals surface area contributed by atoms with Gasteiger partial charge in [-0.25, -0.2) is 4.98 Å². The number of aryl methyl sites for hydroxylation is 1. The van der Waals surface area contributed by atoms with Gasteiger partial charge in [-0.05, 0) is 31.5 Å². The van der Waals surface area contributed by atoms with Crippen molar-refractivity contribution in [3.8, 4) is 5.75 Å². The molecule has 0 saturated carbocycles. The average molecular weight is 430 g/mol. The molecule has 3 aromatic rings. The summed E-state index contributed by atoms with van der Waals surface area (Å²) >= 11 is 2.78. The van der Waals surface area contributed by atoms with Crippen LogP contribution in [0.2, 0.25) is 0 Å². The first kappa shape index (κ1) is 21.1. The van der Waals surface area contributed by atoms with Crippen LogP contribution in [0.1, 0.15) is 24.0 Å². The first-order valence-corrected chi connectivity index (χ1v) is 10.8. The first-order valence-electron chi connectivity index (χ1n) is 9.05. The molecule has 0 spiro atoms. The number of nitrogens with zero attached hydrogens (tertiary/aromatic N) is 4. The van der Waals surface area contributed by atoms with Crippen molar-refractivity contribution < 1.29 is 9.53 Å². The first-order chi connectivity index (χ1) is 14.0. The summed E-state index contributed by atoms with van der Waals surface area (Å²) in [6.45, 7) is 8.14. The zero-order chi connectivity index (χ0) is 20.8. The van der Waals surface area contributed by atoms with Crippen molar-refractivity contribution in [2.75, 3.05) is 12.4 Å². The number of carbonyl (C=O) groups excluding carboxylic acids is 1. The number of benzene rings is 1. The van der Waals surface area contributed by atoms with E-state index in [4.69, 9.17) is 4.74 Å². The van der Waals surface area contributed by atoms with Gasteiger partial charge < -0.3 is 14.6 Å². The Kier molecular flexibility index (Phi) is 7.05. The number of aromatic nitrogens is 4. The number of rotatable bonds is 9. The Morgan fingerprint density at radius 3 is 2.76 bits per heavy atom. The molecule has 0 radical (unpaired) electrons. The molecule has 0 bridgehead atoms. The van der Waals surface area contributed by atoms with Crippen molar-refractivity contribution in [3.63, 3.8) is 0 Å². The van der Waals surface area contributed by atoms with E-state index in [1.165, 1.54) is 23.1 Å². The van der Waals surface area contributed by atoms with Crippen LogP contribution in [0.25, 0.3) is 0 Å². The second kappa shape index (κ2) is 9.71. The van der Waals surface area contributed by atoms with Crippen LogP contribution in [0.5, 0.6) is 5.75 Å². The van der Waals surface area contributed by atoms with Gasteiger partial charge >= 0.3 is 0 Å². The van der Waals surface area contributed by atoms with Gasteiger partial charge in [-0.1, -0.05) is 30.0 Å². The quantitative estimate of drug-likeness (QED) is 0.410. The van der Waals surface area contributed by atoms with Crippen molar-refractivity contribution in [1.82, 2.24) is 19.7 Å². The molecule has 7 nitrogen and oxygen atoms in total. The lowest BCUT2D eigenvalue weighted by Crippen LogP contribution is -2.23. The number of methoxy groups -OCH3 is 1. The van der Waals surface area contributed by atoms with Crippen LogP contribution in [0.3, 0.4) is 0 Å². The second-order valence-electron chi connectivity index (χ2n) is 6.37. The molecule has 0 aliphatic rings. The Bertz CT molecular complexity index is 981. The van der Waals surface area contributed by atoms with Crippen LogP contribution in [0.15, 0.2) is 47.5 Å². The lowest BCUT2D eigenvalue weighted by Gasteiger charge is -2.12. The van der Waals surface area contributed by atoms with E-state index in [0.717, 1.165) is 22.8 Å². The van der Waals surface area contributed by atoms with Crippen LogP contribution >= 0.6 is 23.1 Å². The van der Waals surface area contributed by atoms with E-state index in [1.807, 2.05) is 48.1 Å². The number of anilines is 1. The number of amides is 1. The topological polar surface area (TPSA) is 81.9 Å². The number of hydrogen-bond acceptors (Lipinski definition) is 7. The number of nitrogens with one attached hydrogen (secondary N) is 1. The largest absolute Gasteiger partial charge is 0.497 e. The summed E-state index contributed by atoms with van der Waals surface area (Å²) in [5, 5.41) is 14.3. The third-order valence-corrected chi connectivity index (χ3v) is 6.08. The van der Waals surface area contributed by atoms with Gasteiger partial charge in [0.1, 0.15) is 11.6 Å². The maximum Gasteiger partial charge on any atom is 0.239 e. The predicted octanol–water partition coefficient (Wildman–Crippen LogP) is 3.95. The van der Waals surface area contributed by atoms with Crippen LogP contribution in [0, 0.1) is 6.92 Å². The van der Waals surface area contributed by atoms with Gasteiger partial charge in [0, 0.05) is 18.3 Å². The van der Waals surface area contributed by atoms with E-state index in [2.05, 4.69) is 27.1 Å². The smallest absolute Gasteiger partial charge is 0.239 e. The number of thiazole rings is 1. The van der Waals surface area contributed by atoms with Crippen LogP contribution in [-0.4, -0.2) is 38.0 Å². The van der Waals surface area contributed by atoms with E-state index in [1.54, 1.807) is 13.2 Å². The van der Waals surface area contributed by atoms with Gasteiger partial charge in [0.15, 0.2) is 10.3 Å². The van der Waals surface area contributed by atoms with E-state index in [0.29, 0.717) is 23.3 Å². The molecule has 2 heterocycles. The molecular weight excluding hydrogens is 406 g/mol. The molecule has 0 saturated heterocycles. The monoisotopic (exact) mass is 429 g/mol. The normalized spacial score (nSPS) is 11.8. The average Bonchev–Trinajstić information content (AvgIpc) is 3.29. The summed E-state index contributed by atoms with van der Waals surface area (Å²) in [4.78, 5) is 16.8. The molecule has 152 valence electrons. The van der Waals surface area contributed by atoms with Gasteiger partial charge in [-0.3, -0.25) is 4.79 Å². The highest BCUT2D eigenvalue weighted by molar-refractivity contribution is 8.00. The highest BCUT2D eigenvalue weighted by Gasteiger charge is 2.21. The van der Waals surface area contributed by atoms with Gasteiger partial charge in [-0.2, -0.15) is 0 Å². The molecule has 29 heavy (non-hydrogen) atoms. The molecule has 0 fully saturated rings. The number of carbonyl (C=O) groups is 1. The fourth-order valence-electron chi connectivity index (χ4n) is 2.61. The zero-order valence-electron chi connectivity index (χ0n) is 16.6. The van der Waals surface area contributed by atoms with Gasteiger partial charge in [0.25, 0.3) is 0 Å². The minimum atomic E-state index is -0.346. The molecule has 3 rings (SSSR count). The molecule has 1 N–H and O–H groups in total.